The predicted octanol–water partition coefficient (Wildman–Crippen LogP) is 2.83. The Balaban J connectivity index is 0.00000264. The SMILES string of the molecule is CNCC1CCN(C(=O)CCCS(=O)c2ccc(Br)cc2)C1.Cl. The third-order valence-electron chi connectivity index (χ3n) is 3.93. The molecule has 0 radical (unpaired) electrons. The zero-order valence-corrected chi connectivity index (χ0v) is 16.5. The van der Waals surface area contributed by atoms with Crippen molar-refractivity contribution in [2.24, 2.45) is 5.92 Å². The zero-order valence-electron chi connectivity index (χ0n) is 13.3. The molecular formula is C16H24BrClN2O2S. The maximum atomic E-state index is 12.2. The average Bonchev–Trinajstić information content (AvgIpc) is 2.97. The molecular weight excluding hydrogens is 400 g/mol. The Morgan fingerprint density at radius 2 is 2.09 bits per heavy atom. The number of hydrogen-bond donors (Lipinski definition) is 1. The molecule has 1 amide bonds. The molecule has 7 heteroatoms. The summed E-state index contributed by atoms with van der Waals surface area (Å²) in [5.74, 6) is 1.32. The van der Waals surface area contributed by atoms with Crippen LogP contribution in [0.3, 0.4) is 0 Å². The summed E-state index contributed by atoms with van der Waals surface area (Å²) in [5.41, 5.74) is 0. The highest BCUT2D eigenvalue weighted by molar-refractivity contribution is 9.10. The van der Waals surface area contributed by atoms with Gasteiger partial charge < -0.3 is 10.2 Å². The molecule has 130 valence electrons. The molecule has 23 heavy (non-hydrogen) atoms. The lowest BCUT2D eigenvalue weighted by Crippen LogP contribution is -2.30. The van der Waals surface area contributed by atoms with E-state index in [-0.39, 0.29) is 18.3 Å². The van der Waals surface area contributed by atoms with E-state index in [1.54, 1.807) is 0 Å². The second-order valence-corrected chi connectivity index (χ2v) is 8.15. The number of benzene rings is 1. The Hall–Kier alpha value is -0.430. The maximum Gasteiger partial charge on any atom is 0.222 e. The number of rotatable bonds is 7. The van der Waals surface area contributed by atoms with Gasteiger partial charge in [-0.05, 0) is 56.6 Å². The van der Waals surface area contributed by atoms with Crippen molar-refractivity contribution < 1.29 is 9.00 Å². The van der Waals surface area contributed by atoms with Gasteiger partial charge in [-0.25, -0.2) is 0 Å². The number of halogens is 2. The Morgan fingerprint density at radius 1 is 1.39 bits per heavy atom. The number of carbonyl (C=O) groups excluding carboxylic acids is 1. The smallest absolute Gasteiger partial charge is 0.222 e. The first-order chi connectivity index (χ1) is 10.6. The molecule has 2 rings (SSSR count). The van der Waals surface area contributed by atoms with E-state index in [2.05, 4.69) is 21.2 Å². The summed E-state index contributed by atoms with van der Waals surface area (Å²) in [6.45, 7) is 2.69. The first kappa shape index (κ1) is 20.6. The van der Waals surface area contributed by atoms with E-state index in [1.807, 2.05) is 36.2 Å². The highest BCUT2D eigenvalue weighted by Gasteiger charge is 2.25. The van der Waals surface area contributed by atoms with Crippen molar-refractivity contribution in [2.45, 2.75) is 24.2 Å². The van der Waals surface area contributed by atoms with Gasteiger partial charge in [-0.1, -0.05) is 15.9 Å². The standard InChI is InChI=1S/C16H23BrN2O2S.ClH/c1-18-11-13-8-9-19(12-13)16(20)3-2-10-22(21)15-6-4-14(17)5-7-15;/h4-7,13,18H,2-3,8-12H2,1H3;1H. The summed E-state index contributed by atoms with van der Waals surface area (Å²) < 4.78 is 13.1. The zero-order chi connectivity index (χ0) is 15.9. The largest absolute Gasteiger partial charge is 0.342 e. The molecule has 2 atom stereocenters. The van der Waals surface area contributed by atoms with Crippen molar-refractivity contribution in [3.63, 3.8) is 0 Å². The highest BCUT2D eigenvalue weighted by Crippen LogP contribution is 2.18. The van der Waals surface area contributed by atoms with Crippen molar-refractivity contribution >= 4 is 45.0 Å². The predicted molar refractivity (Wildman–Crippen MR) is 101 cm³/mol. The van der Waals surface area contributed by atoms with Crippen LogP contribution in [0.2, 0.25) is 0 Å². The minimum Gasteiger partial charge on any atom is -0.342 e. The summed E-state index contributed by atoms with van der Waals surface area (Å²) in [6, 6.07) is 7.52. The van der Waals surface area contributed by atoms with Crippen molar-refractivity contribution in [1.29, 1.82) is 0 Å². The van der Waals surface area contributed by atoms with E-state index in [4.69, 9.17) is 0 Å². The van der Waals surface area contributed by atoms with E-state index in [0.29, 0.717) is 24.5 Å². The molecule has 0 saturated carbocycles. The van der Waals surface area contributed by atoms with Crippen LogP contribution >= 0.6 is 28.3 Å². The molecule has 2 unspecified atom stereocenters. The molecule has 0 bridgehead atoms. The fourth-order valence-corrected chi connectivity index (χ4v) is 4.08. The molecule has 1 aliphatic rings. The molecule has 1 saturated heterocycles. The highest BCUT2D eigenvalue weighted by atomic mass is 79.9. The number of hydrogen-bond acceptors (Lipinski definition) is 3. The number of likely N-dealkylation sites (tertiary alicyclic amines) is 1. The van der Waals surface area contributed by atoms with E-state index >= 15 is 0 Å². The van der Waals surface area contributed by atoms with Gasteiger partial charge in [0.2, 0.25) is 5.91 Å². The molecule has 1 aromatic rings. The van der Waals surface area contributed by atoms with Gasteiger partial charge in [0.05, 0.1) is 10.8 Å². The lowest BCUT2D eigenvalue weighted by atomic mass is 10.1. The Labute approximate surface area is 155 Å². The van der Waals surface area contributed by atoms with Crippen molar-refractivity contribution in [1.82, 2.24) is 10.2 Å². The minimum absolute atomic E-state index is 0. The second kappa shape index (κ2) is 10.4. The second-order valence-electron chi connectivity index (χ2n) is 5.66. The van der Waals surface area contributed by atoms with Gasteiger partial charge >= 0.3 is 0 Å². The van der Waals surface area contributed by atoms with Gasteiger partial charge in [-0.3, -0.25) is 9.00 Å². The van der Waals surface area contributed by atoms with Crippen LogP contribution in [-0.2, 0) is 15.6 Å². The number of nitrogens with one attached hydrogen (secondary N) is 1. The van der Waals surface area contributed by atoms with E-state index in [9.17, 15) is 9.00 Å². The van der Waals surface area contributed by atoms with Gasteiger partial charge in [0.1, 0.15) is 0 Å². The normalized spacial score (nSPS) is 18.5. The van der Waals surface area contributed by atoms with Crippen molar-refractivity contribution in [3.8, 4) is 0 Å². The van der Waals surface area contributed by atoms with E-state index in [0.717, 1.165) is 35.4 Å². The molecule has 0 spiro atoms. The Kier molecular flexibility index (Phi) is 9.36. The summed E-state index contributed by atoms with van der Waals surface area (Å²) in [7, 11) is 0.925. The third-order valence-corrected chi connectivity index (χ3v) is 5.91. The maximum absolute atomic E-state index is 12.2. The average molecular weight is 424 g/mol. The Bertz CT molecular complexity index is 527. The summed E-state index contributed by atoms with van der Waals surface area (Å²) >= 11 is 3.37. The van der Waals surface area contributed by atoms with Crippen molar-refractivity contribution in [2.75, 3.05) is 32.4 Å². The van der Waals surface area contributed by atoms with Crippen LogP contribution in [-0.4, -0.2) is 47.5 Å². The summed E-state index contributed by atoms with van der Waals surface area (Å²) in [4.78, 5) is 14.9. The molecule has 1 fully saturated rings. The molecule has 4 nitrogen and oxygen atoms in total. The van der Waals surface area contributed by atoms with E-state index in [1.165, 1.54) is 0 Å². The van der Waals surface area contributed by atoms with Crippen molar-refractivity contribution in [3.05, 3.63) is 28.7 Å². The van der Waals surface area contributed by atoms with E-state index < -0.39 is 10.8 Å². The topological polar surface area (TPSA) is 49.4 Å². The fourth-order valence-electron chi connectivity index (χ4n) is 2.73. The number of amides is 1. The van der Waals surface area contributed by atoms with Crippen LogP contribution in [0.25, 0.3) is 0 Å². The summed E-state index contributed by atoms with van der Waals surface area (Å²) in [6.07, 6.45) is 2.25. The lowest BCUT2D eigenvalue weighted by molar-refractivity contribution is -0.130. The fraction of sp³-hybridized carbons (Fsp3) is 0.562. The third kappa shape index (κ3) is 6.53. The molecule has 0 aliphatic carbocycles. The van der Waals surface area contributed by atoms with Crippen LogP contribution < -0.4 is 5.32 Å². The summed E-state index contributed by atoms with van der Waals surface area (Å²) in [5, 5.41) is 3.17. The molecule has 0 aromatic heterocycles. The van der Waals surface area contributed by atoms with Crippen LogP contribution in [0.1, 0.15) is 19.3 Å². The molecule has 1 heterocycles. The van der Waals surface area contributed by atoms with Crippen LogP contribution in [0.5, 0.6) is 0 Å². The number of nitrogens with zero attached hydrogens (tertiary/aromatic N) is 1. The van der Waals surface area contributed by atoms with Crippen LogP contribution in [0, 0.1) is 5.92 Å². The first-order valence-corrected chi connectivity index (χ1v) is 9.77. The first-order valence-electron chi connectivity index (χ1n) is 7.66. The monoisotopic (exact) mass is 422 g/mol. The molecule has 1 aliphatic heterocycles. The molecule has 1 N–H and O–H groups in total. The van der Waals surface area contributed by atoms with Gasteiger partial charge in [-0.2, -0.15) is 0 Å². The van der Waals surface area contributed by atoms with Gasteiger partial charge in [-0.15, -0.1) is 12.4 Å². The van der Waals surface area contributed by atoms with Gasteiger partial charge in [0.25, 0.3) is 0 Å². The van der Waals surface area contributed by atoms with Crippen LogP contribution in [0.4, 0.5) is 0 Å². The minimum atomic E-state index is -1.02. The lowest BCUT2D eigenvalue weighted by Gasteiger charge is -2.16. The quantitative estimate of drug-likeness (QED) is 0.733. The Morgan fingerprint density at radius 3 is 2.74 bits per heavy atom. The molecule has 1 aromatic carbocycles. The number of carbonyl (C=O) groups is 1. The van der Waals surface area contributed by atoms with Crippen LogP contribution in [0.15, 0.2) is 33.6 Å². The van der Waals surface area contributed by atoms with Gasteiger partial charge in [0.15, 0.2) is 0 Å². The van der Waals surface area contributed by atoms with Gasteiger partial charge in [0, 0.05) is 34.6 Å².